The van der Waals surface area contributed by atoms with Gasteiger partial charge in [0.25, 0.3) is 11.8 Å². The number of para-hydroxylation sites is 1. The van der Waals surface area contributed by atoms with Crippen molar-refractivity contribution >= 4 is 80.9 Å². The van der Waals surface area contributed by atoms with E-state index >= 15 is 4.79 Å². The van der Waals surface area contributed by atoms with E-state index in [0.29, 0.717) is 39.1 Å². The van der Waals surface area contributed by atoms with Crippen LogP contribution in [0.3, 0.4) is 0 Å². The van der Waals surface area contributed by atoms with Gasteiger partial charge in [0.1, 0.15) is 0 Å². The molecule has 4 amide bonds. The molecular formula is C39H28Cl2F3IN4O6. The van der Waals surface area contributed by atoms with E-state index < -0.39 is 69.5 Å². The molecule has 6 unspecified atom stereocenters. The van der Waals surface area contributed by atoms with Gasteiger partial charge in [-0.1, -0.05) is 59.1 Å². The van der Waals surface area contributed by atoms with Gasteiger partial charge in [-0.2, -0.15) is 18.2 Å². The predicted molar refractivity (Wildman–Crippen MR) is 203 cm³/mol. The molecule has 4 aliphatic rings. The molecule has 10 nitrogen and oxygen atoms in total. The van der Waals surface area contributed by atoms with E-state index in [9.17, 15) is 32.7 Å². The standard InChI is InChI=1S/C39H28Cl2F3IN4O6/c1-55-29-4-2-3-25(32(29)50)31-23-13-14-24-30(36(53)48(34(24)51)22-11-9-21(45)10-12-22)26(23)16-27-35(52)49(37(54)38(27,31)18-5-7-20(40)8-6-18)47-33-28(41)15-19(17-46-33)39(42,43)44/h2-13,15,17,24,26-27,30-31,50H,14,16H2,1H3,(H,46,47). The number of halogens is 6. The number of methoxy groups -OCH3 is 1. The second-order valence-electron chi connectivity index (χ2n) is 13.8. The lowest BCUT2D eigenvalue weighted by atomic mass is 9.49. The zero-order valence-corrected chi connectivity index (χ0v) is 32.2. The fraction of sp³-hybridized carbons (Fsp3) is 0.256. The minimum absolute atomic E-state index is 0.0761. The van der Waals surface area contributed by atoms with E-state index in [4.69, 9.17) is 27.9 Å². The van der Waals surface area contributed by atoms with E-state index in [1.165, 1.54) is 18.1 Å². The quantitative estimate of drug-likeness (QED) is 0.114. The number of hydrogen-bond acceptors (Lipinski definition) is 8. The number of nitrogens with one attached hydrogen (secondary N) is 1. The number of hydrazine groups is 1. The maximum Gasteiger partial charge on any atom is 0.417 e. The zero-order valence-electron chi connectivity index (χ0n) is 28.5. The highest BCUT2D eigenvalue weighted by atomic mass is 127. The summed E-state index contributed by atoms with van der Waals surface area (Å²) in [5.41, 5.74) is 1.17. The number of carbonyl (C=O) groups excluding carboxylic acids is 4. The van der Waals surface area contributed by atoms with Crippen molar-refractivity contribution in [2.75, 3.05) is 17.4 Å². The Balaban J connectivity index is 1.32. The third-order valence-corrected chi connectivity index (χ3v) is 12.5. The topological polar surface area (TPSA) is 129 Å². The molecule has 2 N–H and O–H groups in total. The molecule has 3 heterocycles. The molecule has 6 atom stereocenters. The number of alkyl halides is 3. The zero-order chi connectivity index (χ0) is 39.1. The smallest absolute Gasteiger partial charge is 0.417 e. The molecule has 2 aliphatic carbocycles. The number of pyridine rings is 1. The van der Waals surface area contributed by atoms with Crippen molar-refractivity contribution in [1.82, 2.24) is 9.99 Å². The van der Waals surface area contributed by atoms with E-state index in [1.54, 1.807) is 60.7 Å². The molecule has 3 fully saturated rings. The lowest BCUT2D eigenvalue weighted by Gasteiger charge is -2.50. The van der Waals surface area contributed by atoms with Crippen molar-refractivity contribution < 1.29 is 42.2 Å². The summed E-state index contributed by atoms with van der Waals surface area (Å²) in [5, 5.41) is 12.3. The van der Waals surface area contributed by atoms with E-state index in [0.717, 1.165) is 3.57 Å². The van der Waals surface area contributed by atoms with Crippen LogP contribution in [-0.4, -0.2) is 45.8 Å². The number of phenolic OH excluding ortho intramolecular Hbond substituents is 1. The summed E-state index contributed by atoms with van der Waals surface area (Å²) in [6.45, 7) is 0. The monoisotopic (exact) mass is 902 g/mol. The molecule has 8 rings (SSSR count). The number of aromatic nitrogens is 1. The van der Waals surface area contributed by atoms with Crippen LogP contribution < -0.4 is 15.1 Å². The molecule has 2 aliphatic heterocycles. The van der Waals surface area contributed by atoms with Crippen LogP contribution in [0.5, 0.6) is 11.5 Å². The van der Waals surface area contributed by atoms with E-state index in [1.807, 2.05) is 6.08 Å². The Morgan fingerprint density at radius 3 is 2.33 bits per heavy atom. The number of ether oxygens (including phenoxy) is 1. The van der Waals surface area contributed by atoms with Crippen molar-refractivity contribution in [3.8, 4) is 11.5 Å². The van der Waals surface area contributed by atoms with Crippen LogP contribution in [0, 0.1) is 27.2 Å². The van der Waals surface area contributed by atoms with Gasteiger partial charge in [0, 0.05) is 26.3 Å². The number of allylic oxidation sites excluding steroid dienone is 2. The fourth-order valence-electron chi connectivity index (χ4n) is 8.91. The van der Waals surface area contributed by atoms with E-state index in [2.05, 4.69) is 33.0 Å². The molecule has 3 aromatic carbocycles. The van der Waals surface area contributed by atoms with Crippen molar-refractivity contribution in [2.24, 2.45) is 23.7 Å². The van der Waals surface area contributed by atoms with Crippen LogP contribution >= 0.6 is 45.8 Å². The van der Waals surface area contributed by atoms with Crippen LogP contribution in [0.25, 0.3) is 0 Å². The molecule has 0 spiro atoms. The summed E-state index contributed by atoms with van der Waals surface area (Å²) in [7, 11) is 1.36. The molecule has 282 valence electrons. The third kappa shape index (κ3) is 5.69. The van der Waals surface area contributed by atoms with Gasteiger partial charge < -0.3 is 9.84 Å². The second-order valence-corrected chi connectivity index (χ2v) is 15.9. The first-order valence-corrected chi connectivity index (χ1v) is 18.8. The van der Waals surface area contributed by atoms with E-state index in [-0.39, 0.29) is 41.6 Å². The molecule has 0 bridgehead atoms. The molecule has 1 aromatic heterocycles. The Hall–Kier alpha value is -4.67. The first kappa shape index (κ1) is 37.3. The minimum Gasteiger partial charge on any atom is -0.504 e. The van der Waals surface area contributed by atoms with Gasteiger partial charge in [0.2, 0.25) is 11.8 Å². The predicted octanol–water partition coefficient (Wildman–Crippen LogP) is 7.92. The highest BCUT2D eigenvalue weighted by Crippen LogP contribution is 2.65. The largest absolute Gasteiger partial charge is 0.504 e. The number of rotatable bonds is 6. The highest BCUT2D eigenvalue weighted by Gasteiger charge is 2.71. The average Bonchev–Trinajstić information content (AvgIpc) is 3.53. The van der Waals surface area contributed by atoms with Crippen molar-refractivity contribution in [3.63, 3.8) is 0 Å². The summed E-state index contributed by atoms with van der Waals surface area (Å²) >= 11 is 14.7. The number of imide groups is 2. The summed E-state index contributed by atoms with van der Waals surface area (Å²) in [6.07, 6.45) is -2.34. The number of anilines is 2. The van der Waals surface area contributed by atoms with Crippen LogP contribution in [0.4, 0.5) is 24.7 Å². The SMILES string of the molecule is COc1cccc(C2C3=CCC4C(=O)N(c5ccc(I)cc5)C(=O)C4C3CC3C(=O)N(Nc4ncc(C(F)(F)F)cc4Cl)C(=O)C32c2ccc(Cl)cc2)c1O. The minimum atomic E-state index is -4.76. The third-order valence-electron chi connectivity index (χ3n) is 11.2. The van der Waals surface area contributed by atoms with Crippen molar-refractivity contribution in [1.29, 1.82) is 0 Å². The number of nitrogens with zero attached hydrogens (tertiary/aromatic N) is 3. The van der Waals surface area contributed by atoms with Crippen LogP contribution in [0.1, 0.15) is 35.4 Å². The highest BCUT2D eigenvalue weighted by molar-refractivity contribution is 14.1. The summed E-state index contributed by atoms with van der Waals surface area (Å²) < 4.78 is 46.8. The molecule has 16 heteroatoms. The van der Waals surface area contributed by atoms with Crippen molar-refractivity contribution in [3.05, 3.63) is 121 Å². The van der Waals surface area contributed by atoms with Gasteiger partial charge in [0.05, 0.1) is 46.6 Å². The summed E-state index contributed by atoms with van der Waals surface area (Å²) in [6, 6.07) is 18.7. The molecule has 1 saturated carbocycles. The maximum atomic E-state index is 15.3. The molecular weight excluding hydrogens is 875 g/mol. The molecule has 4 aromatic rings. The lowest BCUT2D eigenvalue weighted by Crippen LogP contribution is -2.53. The summed E-state index contributed by atoms with van der Waals surface area (Å²) in [5.74, 6) is -7.84. The van der Waals surface area contributed by atoms with Gasteiger partial charge in [0.15, 0.2) is 17.3 Å². The number of fused-ring (bicyclic) bond motifs is 4. The van der Waals surface area contributed by atoms with Gasteiger partial charge in [-0.3, -0.25) is 29.5 Å². The van der Waals surface area contributed by atoms with Gasteiger partial charge in [-0.15, -0.1) is 0 Å². The normalized spacial score (nSPS) is 26.1. The Kier molecular flexibility index (Phi) is 9.16. The Bertz CT molecular complexity index is 2330. The molecule has 55 heavy (non-hydrogen) atoms. The number of phenols is 1. The lowest BCUT2D eigenvalue weighted by molar-refractivity contribution is -0.139. The number of benzene rings is 3. The van der Waals surface area contributed by atoms with Crippen LogP contribution in [0.2, 0.25) is 10.0 Å². The van der Waals surface area contributed by atoms with Crippen LogP contribution in [-0.2, 0) is 30.8 Å². The first-order valence-electron chi connectivity index (χ1n) is 17.0. The van der Waals surface area contributed by atoms with Gasteiger partial charge >= 0.3 is 6.18 Å². The Morgan fingerprint density at radius 2 is 1.67 bits per heavy atom. The number of carbonyl (C=O) groups is 4. The van der Waals surface area contributed by atoms with Gasteiger partial charge in [-0.05, 0) is 95.4 Å². The van der Waals surface area contributed by atoms with Crippen molar-refractivity contribution in [2.45, 2.75) is 30.4 Å². The molecule has 0 radical (unpaired) electrons. The van der Waals surface area contributed by atoms with Gasteiger partial charge in [-0.25, -0.2) is 4.98 Å². The summed E-state index contributed by atoms with van der Waals surface area (Å²) in [4.78, 5) is 63.6. The number of hydrogen-bond donors (Lipinski definition) is 2. The second kappa shape index (κ2) is 13.5. The van der Waals surface area contributed by atoms with Crippen LogP contribution in [0.15, 0.2) is 90.6 Å². The maximum absolute atomic E-state index is 15.3. The number of amides is 4. The number of aromatic hydroxyl groups is 1. The Labute approximate surface area is 335 Å². The molecule has 2 saturated heterocycles. The Morgan fingerprint density at radius 1 is 0.964 bits per heavy atom. The average molecular weight is 903 g/mol. The fourth-order valence-corrected chi connectivity index (χ4v) is 9.60. The first-order chi connectivity index (χ1) is 26.2.